The molecular formula is C20H25NO3. The molecule has 0 atom stereocenters. The number of para-hydroxylation sites is 2. The van der Waals surface area contributed by atoms with E-state index in [1.807, 2.05) is 30.3 Å². The Balaban J connectivity index is 1.75. The van der Waals surface area contributed by atoms with Gasteiger partial charge >= 0.3 is 0 Å². The summed E-state index contributed by atoms with van der Waals surface area (Å²) in [5.74, 6) is 1.80. The van der Waals surface area contributed by atoms with Crippen molar-refractivity contribution in [2.75, 3.05) is 20.3 Å². The Labute approximate surface area is 143 Å². The Hall–Kier alpha value is -2.04. The minimum Gasteiger partial charge on any atom is -0.496 e. The number of aliphatic hydroxyl groups is 1. The van der Waals surface area contributed by atoms with Crippen LogP contribution >= 0.6 is 0 Å². The molecule has 0 heterocycles. The first-order valence-corrected chi connectivity index (χ1v) is 8.49. The van der Waals surface area contributed by atoms with Gasteiger partial charge in [0.15, 0.2) is 0 Å². The third-order valence-corrected chi connectivity index (χ3v) is 4.32. The van der Waals surface area contributed by atoms with Crippen LogP contribution in [-0.2, 0) is 13.1 Å². The lowest BCUT2D eigenvalue weighted by Crippen LogP contribution is -2.25. The van der Waals surface area contributed by atoms with Gasteiger partial charge in [0, 0.05) is 30.3 Å². The fraction of sp³-hybridized carbons (Fsp3) is 0.400. The molecule has 1 fully saturated rings. The molecule has 0 spiro atoms. The molecule has 0 amide bonds. The van der Waals surface area contributed by atoms with Crippen LogP contribution in [0.2, 0.25) is 0 Å². The van der Waals surface area contributed by atoms with Crippen molar-refractivity contribution in [1.82, 2.24) is 4.90 Å². The fourth-order valence-corrected chi connectivity index (χ4v) is 2.96. The molecule has 128 valence electrons. The van der Waals surface area contributed by atoms with E-state index in [-0.39, 0.29) is 6.61 Å². The van der Waals surface area contributed by atoms with Crippen LogP contribution in [0, 0.1) is 0 Å². The van der Waals surface area contributed by atoms with Gasteiger partial charge in [-0.15, -0.1) is 0 Å². The molecule has 0 aromatic heterocycles. The van der Waals surface area contributed by atoms with Crippen LogP contribution in [0.1, 0.15) is 24.0 Å². The van der Waals surface area contributed by atoms with Gasteiger partial charge in [-0.3, -0.25) is 4.90 Å². The maximum Gasteiger partial charge on any atom is 0.123 e. The zero-order valence-corrected chi connectivity index (χ0v) is 14.1. The standard InChI is InChI=1S/C20H25NO3/c1-23-19-8-4-2-6-16(19)14-21(18-10-11-18)15-17-7-3-5-9-20(17)24-13-12-22/h2-9,18,22H,10-15H2,1H3. The average Bonchev–Trinajstić information content (AvgIpc) is 3.46. The number of benzene rings is 2. The number of aliphatic hydroxyl groups excluding tert-OH is 1. The van der Waals surface area contributed by atoms with Gasteiger partial charge in [0.25, 0.3) is 0 Å². The summed E-state index contributed by atoms with van der Waals surface area (Å²) in [6.07, 6.45) is 2.49. The molecule has 0 saturated heterocycles. The van der Waals surface area contributed by atoms with E-state index >= 15 is 0 Å². The van der Waals surface area contributed by atoms with Gasteiger partial charge in [0.05, 0.1) is 13.7 Å². The molecule has 1 N–H and O–H groups in total. The van der Waals surface area contributed by atoms with Crippen LogP contribution in [-0.4, -0.2) is 36.4 Å². The van der Waals surface area contributed by atoms with Crippen molar-refractivity contribution >= 4 is 0 Å². The second-order valence-corrected chi connectivity index (χ2v) is 6.13. The topological polar surface area (TPSA) is 41.9 Å². The molecule has 1 aliphatic rings. The molecule has 1 aliphatic carbocycles. The highest BCUT2D eigenvalue weighted by Crippen LogP contribution is 2.33. The van der Waals surface area contributed by atoms with Crippen molar-refractivity contribution in [2.24, 2.45) is 0 Å². The number of rotatable bonds is 9. The zero-order valence-electron chi connectivity index (χ0n) is 14.1. The minimum absolute atomic E-state index is 0.0297. The molecule has 0 aliphatic heterocycles. The molecular weight excluding hydrogens is 302 g/mol. The summed E-state index contributed by atoms with van der Waals surface area (Å²) in [6.45, 7) is 2.06. The molecule has 0 bridgehead atoms. The summed E-state index contributed by atoms with van der Waals surface area (Å²) >= 11 is 0. The normalized spacial score (nSPS) is 14.0. The second kappa shape index (κ2) is 8.18. The number of ether oxygens (including phenoxy) is 2. The lowest BCUT2D eigenvalue weighted by molar-refractivity contribution is 0.195. The maximum atomic E-state index is 9.00. The Morgan fingerprint density at radius 3 is 2.12 bits per heavy atom. The van der Waals surface area contributed by atoms with E-state index < -0.39 is 0 Å². The van der Waals surface area contributed by atoms with Gasteiger partial charge in [-0.25, -0.2) is 0 Å². The van der Waals surface area contributed by atoms with Gasteiger partial charge in [0.2, 0.25) is 0 Å². The monoisotopic (exact) mass is 327 g/mol. The van der Waals surface area contributed by atoms with E-state index in [4.69, 9.17) is 14.6 Å². The number of nitrogens with zero attached hydrogens (tertiary/aromatic N) is 1. The molecule has 2 aromatic carbocycles. The highest BCUT2D eigenvalue weighted by molar-refractivity contribution is 5.35. The van der Waals surface area contributed by atoms with Gasteiger partial charge in [0.1, 0.15) is 18.1 Å². The summed E-state index contributed by atoms with van der Waals surface area (Å²) < 4.78 is 11.2. The summed E-state index contributed by atoms with van der Waals surface area (Å²) in [7, 11) is 1.72. The molecule has 2 aromatic rings. The average molecular weight is 327 g/mol. The number of hydrogen-bond donors (Lipinski definition) is 1. The Morgan fingerprint density at radius 1 is 0.958 bits per heavy atom. The van der Waals surface area contributed by atoms with Crippen molar-refractivity contribution in [3.8, 4) is 11.5 Å². The SMILES string of the molecule is COc1ccccc1CN(Cc1ccccc1OCCO)C1CC1. The molecule has 0 unspecified atom stereocenters. The third-order valence-electron chi connectivity index (χ3n) is 4.32. The molecule has 0 radical (unpaired) electrons. The van der Waals surface area contributed by atoms with E-state index in [9.17, 15) is 0 Å². The fourth-order valence-electron chi connectivity index (χ4n) is 2.96. The summed E-state index contributed by atoms with van der Waals surface area (Å²) in [4.78, 5) is 2.49. The lowest BCUT2D eigenvalue weighted by atomic mass is 10.1. The van der Waals surface area contributed by atoms with Gasteiger partial charge in [-0.1, -0.05) is 36.4 Å². The van der Waals surface area contributed by atoms with E-state index in [2.05, 4.69) is 23.1 Å². The maximum absolute atomic E-state index is 9.00. The molecule has 4 nitrogen and oxygen atoms in total. The lowest BCUT2D eigenvalue weighted by Gasteiger charge is -2.24. The van der Waals surface area contributed by atoms with E-state index in [1.54, 1.807) is 7.11 Å². The van der Waals surface area contributed by atoms with Gasteiger partial charge in [-0.05, 0) is 25.0 Å². The predicted octanol–water partition coefficient (Wildman–Crippen LogP) is 3.23. The molecule has 3 rings (SSSR count). The largest absolute Gasteiger partial charge is 0.496 e. The van der Waals surface area contributed by atoms with Gasteiger partial charge in [-0.2, -0.15) is 0 Å². The van der Waals surface area contributed by atoms with Gasteiger partial charge < -0.3 is 14.6 Å². The second-order valence-electron chi connectivity index (χ2n) is 6.13. The highest BCUT2D eigenvalue weighted by Gasteiger charge is 2.30. The summed E-state index contributed by atoms with van der Waals surface area (Å²) in [6, 6.07) is 16.9. The summed E-state index contributed by atoms with van der Waals surface area (Å²) in [5.41, 5.74) is 2.37. The van der Waals surface area contributed by atoms with Crippen molar-refractivity contribution in [1.29, 1.82) is 0 Å². The molecule has 1 saturated carbocycles. The quantitative estimate of drug-likeness (QED) is 0.768. The van der Waals surface area contributed by atoms with Crippen LogP contribution < -0.4 is 9.47 Å². The van der Waals surface area contributed by atoms with Crippen LogP contribution in [0.5, 0.6) is 11.5 Å². The van der Waals surface area contributed by atoms with Crippen LogP contribution in [0.4, 0.5) is 0 Å². The van der Waals surface area contributed by atoms with Crippen LogP contribution in [0.3, 0.4) is 0 Å². The minimum atomic E-state index is 0.0297. The number of hydrogen-bond acceptors (Lipinski definition) is 4. The first kappa shape index (κ1) is 16.8. The highest BCUT2D eigenvalue weighted by atomic mass is 16.5. The van der Waals surface area contributed by atoms with Crippen molar-refractivity contribution in [3.63, 3.8) is 0 Å². The Kier molecular flexibility index (Phi) is 5.72. The predicted molar refractivity (Wildman–Crippen MR) is 94.3 cm³/mol. The van der Waals surface area contributed by atoms with E-state index in [1.165, 1.54) is 18.4 Å². The van der Waals surface area contributed by atoms with E-state index in [0.29, 0.717) is 12.6 Å². The first-order valence-electron chi connectivity index (χ1n) is 8.49. The van der Waals surface area contributed by atoms with Crippen molar-refractivity contribution < 1.29 is 14.6 Å². The molecule has 24 heavy (non-hydrogen) atoms. The van der Waals surface area contributed by atoms with E-state index in [0.717, 1.165) is 30.2 Å². The Morgan fingerprint density at radius 2 is 1.54 bits per heavy atom. The molecule has 4 heteroatoms. The van der Waals surface area contributed by atoms with Crippen LogP contribution in [0.25, 0.3) is 0 Å². The summed E-state index contributed by atoms with van der Waals surface area (Å²) in [5, 5.41) is 9.00. The zero-order chi connectivity index (χ0) is 16.8. The van der Waals surface area contributed by atoms with Crippen LogP contribution in [0.15, 0.2) is 48.5 Å². The Bertz CT molecular complexity index is 655. The third kappa shape index (κ3) is 4.28. The van der Waals surface area contributed by atoms with Crippen molar-refractivity contribution in [2.45, 2.75) is 32.0 Å². The smallest absolute Gasteiger partial charge is 0.123 e. The van der Waals surface area contributed by atoms with Crippen molar-refractivity contribution in [3.05, 3.63) is 59.7 Å². The first-order chi connectivity index (χ1) is 11.8. The number of methoxy groups -OCH3 is 1.